The van der Waals surface area contributed by atoms with E-state index in [2.05, 4.69) is 4.74 Å². The molecule has 0 aliphatic rings. The Morgan fingerprint density at radius 1 is 1.39 bits per heavy atom. The molecule has 0 unspecified atom stereocenters. The molecule has 0 heterocycles. The zero-order valence-corrected chi connectivity index (χ0v) is 11.3. The van der Waals surface area contributed by atoms with Gasteiger partial charge in [-0.3, -0.25) is 9.59 Å². The van der Waals surface area contributed by atoms with E-state index < -0.39 is 0 Å². The first kappa shape index (κ1) is 14.6. The number of hydrogen-bond donors (Lipinski definition) is 1. The molecule has 0 bridgehead atoms. The van der Waals surface area contributed by atoms with Gasteiger partial charge in [-0.1, -0.05) is 0 Å². The Morgan fingerprint density at radius 2 is 2.11 bits per heavy atom. The van der Waals surface area contributed by atoms with Gasteiger partial charge in [-0.15, -0.1) is 0 Å². The van der Waals surface area contributed by atoms with Crippen LogP contribution in [0.4, 0.5) is 0 Å². The van der Waals surface area contributed by atoms with E-state index in [1.807, 2.05) is 0 Å². The third-order valence-electron chi connectivity index (χ3n) is 2.42. The predicted molar refractivity (Wildman–Crippen MR) is 70.9 cm³/mol. The Bertz CT molecular complexity index is 443. The third-order valence-corrected chi connectivity index (χ3v) is 3.43. The summed E-state index contributed by atoms with van der Waals surface area (Å²) in [6.07, 6.45) is 0.342. The number of Topliss-reactive ketones (excluding diaryl/α,β-unsaturated/α-hetero) is 1. The van der Waals surface area contributed by atoms with Crippen LogP contribution in [0.1, 0.15) is 29.3 Å². The second-order valence-corrected chi connectivity index (χ2v) is 4.88. The Labute approximate surface area is 110 Å². The van der Waals surface area contributed by atoms with Crippen LogP contribution in [-0.4, -0.2) is 29.7 Å². The van der Waals surface area contributed by atoms with Gasteiger partial charge in [0.1, 0.15) is 5.75 Å². The predicted octanol–water partition coefficient (Wildman–Crippen LogP) is 2.39. The SMILES string of the molecule is COC(=O)CCSCc1cc(C(C)=O)ccc1O. The number of phenols is 1. The Kier molecular flexibility index (Phi) is 5.71. The number of hydrogen-bond acceptors (Lipinski definition) is 5. The maximum Gasteiger partial charge on any atom is 0.306 e. The lowest BCUT2D eigenvalue weighted by molar-refractivity contribution is -0.140. The van der Waals surface area contributed by atoms with Gasteiger partial charge in [0.05, 0.1) is 13.5 Å². The van der Waals surface area contributed by atoms with Crippen LogP contribution in [0.3, 0.4) is 0 Å². The van der Waals surface area contributed by atoms with Gasteiger partial charge in [0, 0.05) is 22.6 Å². The van der Waals surface area contributed by atoms with Crippen molar-refractivity contribution in [3.8, 4) is 5.75 Å². The van der Waals surface area contributed by atoms with Gasteiger partial charge in [0.25, 0.3) is 0 Å². The topological polar surface area (TPSA) is 63.6 Å². The molecule has 0 amide bonds. The monoisotopic (exact) mass is 268 g/mol. The number of ether oxygens (including phenoxy) is 1. The number of carbonyl (C=O) groups excluding carboxylic acids is 2. The molecule has 0 saturated heterocycles. The number of rotatable bonds is 6. The number of aromatic hydroxyl groups is 1. The van der Waals surface area contributed by atoms with E-state index in [0.717, 1.165) is 0 Å². The molecule has 0 spiro atoms. The molecule has 0 aliphatic carbocycles. The lowest BCUT2D eigenvalue weighted by Crippen LogP contribution is -2.01. The number of thioether (sulfide) groups is 1. The fourth-order valence-electron chi connectivity index (χ4n) is 1.36. The fourth-order valence-corrected chi connectivity index (χ4v) is 2.27. The standard InChI is InChI=1S/C13H16O4S/c1-9(14)10-3-4-12(15)11(7-10)8-18-6-5-13(16)17-2/h3-4,7,15H,5-6,8H2,1-2H3. The second kappa shape index (κ2) is 7.06. The third kappa shape index (κ3) is 4.41. The molecule has 5 heteroatoms. The lowest BCUT2D eigenvalue weighted by atomic mass is 10.1. The molecular formula is C13H16O4S. The number of methoxy groups -OCH3 is 1. The highest BCUT2D eigenvalue weighted by molar-refractivity contribution is 7.98. The van der Waals surface area contributed by atoms with Crippen molar-refractivity contribution in [2.45, 2.75) is 19.1 Å². The molecule has 0 radical (unpaired) electrons. The Morgan fingerprint density at radius 3 is 2.72 bits per heavy atom. The molecule has 1 aromatic carbocycles. The molecule has 1 aromatic rings. The van der Waals surface area contributed by atoms with Crippen molar-refractivity contribution in [2.24, 2.45) is 0 Å². The van der Waals surface area contributed by atoms with Gasteiger partial charge in [-0.2, -0.15) is 11.8 Å². The number of esters is 1. The molecule has 4 nitrogen and oxygen atoms in total. The summed E-state index contributed by atoms with van der Waals surface area (Å²) >= 11 is 1.51. The molecule has 1 N–H and O–H groups in total. The van der Waals surface area contributed by atoms with E-state index in [1.54, 1.807) is 12.1 Å². The first-order chi connectivity index (χ1) is 8.54. The van der Waals surface area contributed by atoms with Gasteiger partial charge >= 0.3 is 5.97 Å². The minimum absolute atomic E-state index is 0.0317. The van der Waals surface area contributed by atoms with Crippen LogP contribution in [-0.2, 0) is 15.3 Å². The largest absolute Gasteiger partial charge is 0.508 e. The van der Waals surface area contributed by atoms with Crippen molar-refractivity contribution < 1.29 is 19.4 Å². The minimum Gasteiger partial charge on any atom is -0.508 e. The number of ketones is 1. The molecule has 0 saturated carbocycles. The van der Waals surface area contributed by atoms with E-state index in [1.165, 1.54) is 31.9 Å². The summed E-state index contributed by atoms with van der Waals surface area (Å²) in [7, 11) is 1.36. The fraction of sp³-hybridized carbons (Fsp3) is 0.385. The number of carbonyl (C=O) groups is 2. The minimum atomic E-state index is -0.246. The van der Waals surface area contributed by atoms with Crippen LogP contribution in [0.25, 0.3) is 0 Å². The van der Waals surface area contributed by atoms with Crippen molar-refractivity contribution in [2.75, 3.05) is 12.9 Å². The summed E-state index contributed by atoms with van der Waals surface area (Å²) in [5.41, 5.74) is 1.29. The van der Waals surface area contributed by atoms with Crippen molar-refractivity contribution in [3.05, 3.63) is 29.3 Å². The maximum absolute atomic E-state index is 11.2. The van der Waals surface area contributed by atoms with Crippen molar-refractivity contribution in [1.29, 1.82) is 0 Å². The molecule has 0 aromatic heterocycles. The first-order valence-electron chi connectivity index (χ1n) is 5.52. The molecule has 0 atom stereocenters. The van der Waals surface area contributed by atoms with E-state index in [4.69, 9.17) is 0 Å². The smallest absolute Gasteiger partial charge is 0.306 e. The van der Waals surface area contributed by atoms with E-state index in [9.17, 15) is 14.7 Å². The normalized spacial score (nSPS) is 10.1. The maximum atomic E-state index is 11.2. The number of phenolic OH excluding ortho intramolecular Hbond substituents is 1. The zero-order chi connectivity index (χ0) is 13.5. The molecule has 0 fully saturated rings. The molecule has 1 rings (SSSR count). The van der Waals surface area contributed by atoms with Crippen molar-refractivity contribution in [3.63, 3.8) is 0 Å². The van der Waals surface area contributed by atoms with Gasteiger partial charge in [-0.25, -0.2) is 0 Å². The molecule has 0 aliphatic heterocycles. The highest BCUT2D eigenvalue weighted by Crippen LogP contribution is 2.24. The second-order valence-electron chi connectivity index (χ2n) is 3.78. The van der Waals surface area contributed by atoms with Crippen LogP contribution in [0.2, 0.25) is 0 Å². The van der Waals surface area contributed by atoms with Crippen molar-refractivity contribution >= 4 is 23.5 Å². The van der Waals surface area contributed by atoms with Gasteiger partial charge in [0.2, 0.25) is 0 Å². The van der Waals surface area contributed by atoms with Crippen LogP contribution in [0, 0.1) is 0 Å². The summed E-state index contributed by atoms with van der Waals surface area (Å²) in [6, 6.07) is 4.80. The average Bonchev–Trinajstić information content (AvgIpc) is 2.35. The van der Waals surface area contributed by atoms with Crippen molar-refractivity contribution in [1.82, 2.24) is 0 Å². The van der Waals surface area contributed by atoms with Crippen LogP contribution in [0.5, 0.6) is 5.75 Å². The molecule has 18 heavy (non-hydrogen) atoms. The van der Waals surface area contributed by atoms with Crippen LogP contribution >= 0.6 is 11.8 Å². The van der Waals surface area contributed by atoms with E-state index in [-0.39, 0.29) is 17.5 Å². The molecular weight excluding hydrogens is 252 g/mol. The Hall–Kier alpha value is -1.49. The lowest BCUT2D eigenvalue weighted by Gasteiger charge is -2.06. The highest BCUT2D eigenvalue weighted by Gasteiger charge is 2.07. The van der Waals surface area contributed by atoms with Crippen LogP contribution < -0.4 is 0 Å². The summed E-state index contributed by atoms with van der Waals surface area (Å²) in [6.45, 7) is 1.49. The van der Waals surface area contributed by atoms with E-state index >= 15 is 0 Å². The quantitative estimate of drug-likeness (QED) is 0.487. The molecule has 98 valence electrons. The van der Waals surface area contributed by atoms with Gasteiger partial charge in [0.15, 0.2) is 5.78 Å². The summed E-state index contributed by atoms with van der Waals surface area (Å²) in [5, 5.41) is 9.66. The van der Waals surface area contributed by atoms with Gasteiger partial charge in [-0.05, 0) is 25.1 Å². The average molecular weight is 268 g/mol. The Balaban J connectivity index is 2.53. The van der Waals surface area contributed by atoms with Crippen LogP contribution in [0.15, 0.2) is 18.2 Å². The van der Waals surface area contributed by atoms with E-state index in [0.29, 0.717) is 29.1 Å². The highest BCUT2D eigenvalue weighted by atomic mass is 32.2. The first-order valence-corrected chi connectivity index (χ1v) is 6.67. The summed E-state index contributed by atoms with van der Waals surface area (Å²) in [5.74, 6) is 1.07. The van der Waals surface area contributed by atoms with Gasteiger partial charge < -0.3 is 9.84 Å². The summed E-state index contributed by atoms with van der Waals surface area (Å²) < 4.78 is 4.53. The summed E-state index contributed by atoms with van der Waals surface area (Å²) in [4.78, 5) is 22.1. The zero-order valence-electron chi connectivity index (χ0n) is 10.4. The number of benzene rings is 1.